The van der Waals surface area contributed by atoms with Crippen molar-refractivity contribution in [3.63, 3.8) is 0 Å². The third-order valence-corrected chi connectivity index (χ3v) is 2.17. The molecular formula is C7H11N. The topological polar surface area (TPSA) is 3.24 Å². The molecule has 1 aliphatic carbocycles. The molecule has 0 aromatic rings. The zero-order valence-electron chi connectivity index (χ0n) is 5.22. The Bertz CT molecular complexity index is 137. The van der Waals surface area contributed by atoms with E-state index in [1.54, 1.807) is 5.57 Å². The molecule has 0 spiro atoms. The van der Waals surface area contributed by atoms with Crippen molar-refractivity contribution < 1.29 is 0 Å². The lowest BCUT2D eigenvalue weighted by Crippen LogP contribution is -2.13. The highest BCUT2D eigenvalue weighted by molar-refractivity contribution is 5.23. The summed E-state index contributed by atoms with van der Waals surface area (Å²) in [5.74, 6) is 0.958. The number of hydrogen-bond acceptors (Lipinski definition) is 1. The molecule has 0 aromatic carbocycles. The van der Waals surface area contributed by atoms with E-state index in [1.165, 1.54) is 19.5 Å². The van der Waals surface area contributed by atoms with E-state index in [2.05, 4.69) is 18.0 Å². The first-order chi connectivity index (χ1) is 3.86. The van der Waals surface area contributed by atoms with Crippen LogP contribution in [0.25, 0.3) is 0 Å². The van der Waals surface area contributed by atoms with Crippen molar-refractivity contribution in [1.29, 1.82) is 0 Å². The SMILES string of the molecule is CN1CC2=CCC2C1. The smallest absolute Gasteiger partial charge is 0.0193 e. The Kier molecular flexibility index (Phi) is 0.770. The Labute approximate surface area is 50.0 Å². The summed E-state index contributed by atoms with van der Waals surface area (Å²) in [6, 6.07) is 0. The van der Waals surface area contributed by atoms with Gasteiger partial charge in [0.25, 0.3) is 0 Å². The molecule has 2 rings (SSSR count). The van der Waals surface area contributed by atoms with E-state index in [4.69, 9.17) is 0 Å². The van der Waals surface area contributed by atoms with Gasteiger partial charge in [0.05, 0.1) is 0 Å². The fourth-order valence-electron chi connectivity index (χ4n) is 1.59. The maximum absolute atomic E-state index is 2.39. The molecule has 1 nitrogen and oxygen atoms in total. The van der Waals surface area contributed by atoms with Gasteiger partial charge in [0.2, 0.25) is 0 Å². The Morgan fingerprint density at radius 1 is 1.75 bits per heavy atom. The first-order valence-electron chi connectivity index (χ1n) is 3.24. The highest BCUT2D eigenvalue weighted by Gasteiger charge is 2.29. The van der Waals surface area contributed by atoms with Crippen molar-refractivity contribution in [3.05, 3.63) is 11.6 Å². The standard InChI is InChI=1S/C7H11N/c1-8-4-6-2-3-7(6)5-8/h2,7H,3-5H2,1H3. The summed E-state index contributed by atoms with van der Waals surface area (Å²) < 4.78 is 0. The zero-order valence-corrected chi connectivity index (χ0v) is 5.22. The largest absolute Gasteiger partial charge is 0.302 e. The summed E-state index contributed by atoms with van der Waals surface area (Å²) in [6.07, 6.45) is 3.72. The second-order valence-corrected chi connectivity index (χ2v) is 2.91. The molecule has 1 saturated heterocycles. The van der Waals surface area contributed by atoms with Crippen molar-refractivity contribution in [2.24, 2.45) is 5.92 Å². The van der Waals surface area contributed by atoms with Crippen LogP contribution in [0, 0.1) is 5.92 Å². The predicted molar refractivity (Wildman–Crippen MR) is 33.7 cm³/mol. The van der Waals surface area contributed by atoms with Gasteiger partial charge in [0.15, 0.2) is 0 Å². The van der Waals surface area contributed by atoms with Crippen LogP contribution >= 0.6 is 0 Å². The van der Waals surface area contributed by atoms with Gasteiger partial charge in [0, 0.05) is 13.1 Å². The third kappa shape index (κ3) is 0.451. The molecule has 1 heteroatoms. The van der Waals surface area contributed by atoms with Gasteiger partial charge in [-0.05, 0) is 19.4 Å². The highest BCUT2D eigenvalue weighted by Crippen LogP contribution is 2.32. The summed E-state index contributed by atoms with van der Waals surface area (Å²) in [7, 11) is 2.19. The molecular weight excluding hydrogens is 98.1 g/mol. The lowest BCUT2D eigenvalue weighted by molar-refractivity contribution is 0.396. The summed E-state index contributed by atoms with van der Waals surface area (Å²) in [5.41, 5.74) is 1.69. The normalized spacial score (nSPS) is 36.1. The number of allylic oxidation sites excluding steroid dienone is 1. The molecule has 1 fully saturated rings. The van der Waals surface area contributed by atoms with E-state index in [1.807, 2.05) is 0 Å². The molecule has 44 valence electrons. The molecule has 1 aliphatic heterocycles. The summed E-state index contributed by atoms with van der Waals surface area (Å²) in [5, 5.41) is 0. The highest BCUT2D eigenvalue weighted by atomic mass is 15.1. The first-order valence-corrected chi connectivity index (χ1v) is 3.24. The second kappa shape index (κ2) is 1.35. The van der Waals surface area contributed by atoms with Gasteiger partial charge in [0.1, 0.15) is 0 Å². The van der Waals surface area contributed by atoms with Gasteiger partial charge in [-0.1, -0.05) is 11.6 Å². The minimum atomic E-state index is 0.958. The van der Waals surface area contributed by atoms with Crippen LogP contribution in [-0.4, -0.2) is 25.0 Å². The molecule has 0 saturated carbocycles. The molecule has 0 amide bonds. The van der Waals surface area contributed by atoms with Crippen LogP contribution in [0.4, 0.5) is 0 Å². The van der Waals surface area contributed by atoms with Crippen LogP contribution in [-0.2, 0) is 0 Å². The van der Waals surface area contributed by atoms with E-state index >= 15 is 0 Å². The van der Waals surface area contributed by atoms with Crippen LogP contribution < -0.4 is 0 Å². The molecule has 2 aliphatic rings. The summed E-state index contributed by atoms with van der Waals surface area (Å²) in [6.45, 7) is 2.55. The average molecular weight is 109 g/mol. The number of likely N-dealkylation sites (N-methyl/N-ethyl adjacent to an activating group) is 1. The molecule has 0 radical (unpaired) electrons. The lowest BCUT2D eigenvalue weighted by atomic mass is 9.88. The second-order valence-electron chi connectivity index (χ2n) is 2.91. The molecule has 0 aromatic heterocycles. The van der Waals surface area contributed by atoms with Crippen LogP contribution in [0.5, 0.6) is 0 Å². The van der Waals surface area contributed by atoms with Crippen molar-refractivity contribution in [1.82, 2.24) is 4.90 Å². The molecule has 1 unspecified atom stereocenters. The number of rotatable bonds is 0. The molecule has 8 heavy (non-hydrogen) atoms. The van der Waals surface area contributed by atoms with E-state index in [9.17, 15) is 0 Å². The fraction of sp³-hybridized carbons (Fsp3) is 0.714. The van der Waals surface area contributed by atoms with Crippen molar-refractivity contribution in [2.75, 3.05) is 20.1 Å². The number of fused-ring (bicyclic) bond motifs is 1. The van der Waals surface area contributed by atoms with Gasteiger partial charge in [-0.2, -0.15) is 0 Å². The van der Waals surface area contributed by atoms with Gasteiger partial charge in [-0.15, -0.1) is 0 Å². The van der Waals surface area contributed by atoms with Crippen LogP contribution in [0.1, 0.15) is 6.42 Å². The molecule has 1 atom stereocenters. The Balaban J connectivity index is 2.15. The minimum Gasteiger partial charge on any atom is -0.302 e. The summed E-state index contributed by atoms with van der Waals surface area (Å²) in [4.78, 5) is 2.39. The van der Waals surface area contributed by atoms with Crippen LogP contribution in [0.2, 0.25) is 0 Å². The van der Waals surface area contributed by atoms with Gasteiger partial charge in [-0.3, -0.25) is 0 Å². The van der Waals surface area contributed by atoms with Gasteiger partial charge in [-0.25, -0.2) is 0 Å². The van der Waals surface area contributed by atoms with Gasteiger partial charge >= 0.3 is 0 Å². The maximum Gasteiger partial charge on any atom is 0.0193 e. The van der Waals surface area contributed by atoms with Crippen LogP contribution in [0.15, 0.2) is 11.6 Å². The van der Waals surface area contributed by atoms with Crippen molar-refractivity contribution >= 4 is 0 Å². The predicted octanol–water partition coefficient (Wildman–Crippen LogP) is 0.878. The maximum atomic E-state index is 2.39. The fourth-order valence-corrected chi connectivity index (χ4v) is 1.59. The first kappa shape index (κ1) is 4.57. The van der Waals surface area contributed by atoms with E-state index < -0.39 is 0 Å². The van der Waals surface area contributed by atoms with Gasteiger partial charge < -0.3 is 4.90 Å². The average Bonchev–Trinajstić information content (AvgIpc) is 1.91. The number of nitrogens with zero attached hydrogens (tertiary/aromatic N) is 1. The number of hydrogen-bond donors (Lipinski definition) is 0. The monoisotopic (exact) mass is 109 g/mol. The molecule has 1 heterocycles. The minimum absolute atomic E-state index is 0.958. The Hall–Kier alpha value is -0.300. The number of likely N-dealkylation sites (tertiary alicyclic amines) is 1. The van der Waals surface area contributed by atoms with Crippen LogP contribution in [0.3, 0.4) is 0 Å². The van der Waals surface area contributed by atoms with E-state index in [0.717, 1.165) is 5.92 Å². The zero-order chi connectivity index (χ0) is 5.56. The van der Waals surface area contributed by atoms with Crippen molar-refractivity contribution in [2.45, 2.75) is 6.42 Å². The summed E-state index contributed by atoms with van der Waals surface area (Å²) >= 11 is 0. The molecule has 0 bridgehead atoms. The van der Waals surface area contributed by atoms with Crippen molar-refractivity contribution in [3.8, 4) is 0 Å². The van der Waals surface area contributed by atoms with E-state index in [-0.39, 0.29) is 0 Å². The quantitative estimate of drug-likeness (QED) is 0.417. The Morgan fingerprint density at radius 2 is 2.62 bits per heavy atom. The molecule has 0 N–H and O–H groups in total. The Morgan fingerprint density at radius 3 is 2.88 bits per heavy atom. The lowest BCUT2D eigenvalue weighted by Gasteiger charge is -2.16. The van der Waals surface area contributed by atoms with E-state index in [0.29, 0.717) is 0 Å². The third-order valence-electron chi connectivity index (χ3n) is 2.17.